The normalized spacial score (nSPS) is 11.5. The van der Waals surface area contributed by atoms with E-state index in [1.54, 1.807) is 43.3 Å². The third-order valence-corrected chi connectivity index (χ3v) is 5.47. The number of esters is 1. The molecule has 0 fully saturated rings. The minimum atomic E-state index is -4.49. The average molecular weight is 497 g/mol. The third-order valence-electron chi connectivity index (χ3n) is 5.47. The van der Waals surface area contributed by atoms with Gasteiger partial charge in [0.2, 0.25) is 0 Å². The molecule has 0 saturated carbocycles. The van der Waals surface area contributed by atoms with Crippen molar-refractivity contribution in [3.63, 3.8) is 0 Å². The first-order valence-corrected chi connectivity index (χ1v) is 11.7. The van der Waals surface area contributed by atoms with Crippen LogP contribution < -0.4 is 4.74 Å². The van der Waals surface area contributed by atoms with Crippen LogP contribution in [-0.2, 0) is 15.7 Å². The van der Waals surface area contributed by atoms with Gasteiger partial charge >= 0.3 is 12.1 Å². The lowest BCUT2D eigenvalue weighted by Crippen LogP contribution is -2.04. The lowest BCUT2D eigenvalue weighted by molar-refractivity contribution is -0.138. The van der Waals surface area contributed by atoms with E-state index in [0.717, 1.165) is 30.5 Å². The fourth-order valence-corrected chi connectivity index (χ4v) is 3.67. The molecule has 0 radical (unpaired) electrons. The highest BCUT2D eigenvalue weighted by Gasteiger charge is 2.30. The van der Waals surface area contributed by atoms with Crippen LogP contribution in [0, 0.1) is 0 Å². The maximum absolute atomic E-state index is 13.2. The number of unbranched alkanes of at least 4 members (excludes halogenated alkanes) is 1. The van der Waals surface area contributed by atoms with Crippen LogP contribution in [0.25, 0.3) is 28.3 Å². The van der Waals surface area contributed by atoms with Gasteiger partial charge in [0.15, 0.2) is 6.29 Å². The molecule has 7 heteroatoms. The molecule has 0 atom stereocenters. The Bertz CT molecular complexity index is 1250. The van der Waals surface area contributed by atoms with E-state index in [-0.39, 0.29) is 12.2 Å². The van der Waals surface area contributed by atoms with Crippen LogP contribution in [0.15, 0.2) is 66.7 Å². The number of benzene rings is 3. The smallest absolute Gasteiger partial charge is 0.416 e. The van der Waals surface area contributed by atoms with E-state index in [4.69, 9.17) is 9.47 Å². The number of alkyl halides is 3. The van der Waals surface area contributed by atoms with Gasteiger partial charge in [-0.05, 0) is 77.6 Å². The van der Waals surface area contributed by atoms with Gasteiger partial charge in [-0.2, -0.15) is 13.2 Å². The van der Waals surface area contributed by atoms with E-state index in [0.29, 0.717) is 40.9 Å². The van der Waals surface area contributed by atoms with Gasteiger partial charge < -0.3 is 9.47 Å². The lowest BCUT2D eigenvalue weighted by Gasteiger charge is -2.14. The molecule has 0 amide bonds. The predicted molar refractivity (Wildman–Crippen MR) is 134 cm³/mol. The molecule has 4 nitrogen and oxygen atoms in total. The molecular formula is C29H27F3O4. The number of hydrogen-bond donors (Lipinski definition) is 0. The van der Waals surface area contributed by atoms with E-state index in [1.807, 2.05) is 6.07 Å². The van der Waals surface area contributed by atoms with Crippen LogP contribution in [-0.4, -0.2) is 25.5 Å². The first-order valence-electron chi connectivity index (χ1n) is 11.7. The van der Waals surface area contributed by atoms with Gasteiger partial charge in [-0.15, -0.1) is 0 Å². The molecule has 0 aliphatic rings. The zero-order chi connectivity index (χ0) is 26.1. The summed E-state index contributed by atoms with van der Waals surface area (Å²) in [6.07, 6.45) is 0.945. The van der Waals surface area contributed by atoms with Gasteiger partial charge in [-0.1, -0.05) is 43.7 Å². The van der Waals surface area contributed by atoms with Gasteiger partial charge in [0.05, 0.1) is 18.8 Å². The van der Waals surface area contributed by atoms with Gasteiger partial charge in [0.25, 0.3) is 0 Å². The molecule has 0 bridgehead atoms. The minimum Gasteiger partial charge on any atom is -0.494 e. The van der Waals surface area contributed by atoms with Crippen LogP contribution in [0.1, 0.15) is 48.2 Å². The second-order valence-corrected chi connectivity index (χ2v) is 8.03. The van der Waals surface area contributed by atoms with Crippen molar-refractivity contribution >= 4 is 18.3 Å². The molecule has 0 aromatic heterocycles. The summed E-state index contributed by atoms with van der Waals surface area (Å²) in [4.78, 5) is 23.8. The monoisotopic (exact) mass is 496 g/mol. The van der Waals surface area contributed by atoms with Gasteiger partial charge in [-0.25, -0.2) is 4.79 Å². The highest BCUT2D eigenvalue weighted by atomic mass is 19.4. The quantitative estimate of drug-likeness (QED) is 0.125. The summed E-state index contributed by atoms with van der Waals surface area (Å²) >= 11 is 0. The maximum Gasteiger partial charge on any atom is 0.416 e. The Morgan fingerprint density at radius 3 is 2.33 bits per heavy atom. The predicted octanol–water partition coefficient (Wildman–Crippen LogP) is 7.61. The van der Waals surface area contributed by atoms with Crippen LogP contribution >= 0.6 is 0 Å². The fraction of sp³-hybridized carbons (Fsp3) is 0.241. The molecule has 3 aromatic rings. The van der Waals surface area contributed by atoms with Crippen LogP contribution in [0.5, 0.6) is 5.75 Å². The largest absolute Gasteiger partial charge is 0.494 e. The Morgan fingerprint density at radius 1 is 0.917 bits per heavy atom. The molecular weight excluding hydrogens is 469 g/mol. The fourth-order valence-electron chi connectivity index (χ4n) is 3.67. The average Bonchev–Trinajstić information content (AvgIpc) is 2.87. The number of ether oxygens (including phenoxy) is 2. The molecule has 188 valence electrons. The number of carbonyl (C=O) groups excluding carboxylic acids is 2. The Labute approximate surface area is 208 Å². The van der Waals surface area contributed by atoms with Crippen molar-refractivity contribution in [2.45, 2.75) is 32.9 Å². The van der Waals surface area contributed by atoms with Crippen molar-refractivity contribution in [1.29, 1.82) is 0 Å². The summed E-state index contributed by atoms with van der Waals surface area (Å²) in [6.45, 7) is 4.58. The summed E-state index contributed by atoms with van der Waals surface area (Å²) in [5, 5.41) is 0. The van der Waals surface area contributed by atoms with Crippen molar-refractivity contribution in [2.75, 3.05) is 13.2 Å². The first kappa shape index (κ1) is 26.7. The van der Waals surface area contributed by atoms with Crippen molar-refractivity contribution in [1.82, 2.24) is 0 Å². The number of halogens is 3. The van der Waals surface area contributed by atoms with Crippen LogP contribution in [0.3, 0.4) is 0 Å². The molecule has 3 rings (SSSR count). The van der Waals surface area contributed by atoms with E-state index >= 15 is 0 Å². The van der Waals surface area contributed by atoms with Gasteiger partial charge in [-0.3, -0.25) is 4.79 Å². The summed E-state index contributed by atoms with van der Waals surface area (Å²) < 4.78 is 50.3. The van der Waals surface area contributed by atoms with Gasteiger partial charge in [0.1, 0.15) is 5.75 Å². The van der Waals surface area contributed by atoms with Crippen molar-refractivity contribution in [3.05, 3.63) is 83.4 Å². The Hall–Kier alpha value is -3.87. The first-order chi connectivity index (χ1) is 17.3. The molecule has 36 heavy (non-hydrogen) atoms. The number of rotatable bonds is 10. The Kier molecular flexibility index (Phi) is 9.06. The molecule has 0 spiro atoms. The second kappa shape index (κ2) is 12.2. The Balaban J connectivity index is 2.04. The van der Waals surface area contributed by atoms with Crippen molar-refractivity contribution < 1.29 is 32.2 Å². The summed E-state index contributed by atoms with van der Waals surface area (Å²) in [5.41, 5.74) is 2.19. The zero-order valence-electron chi connectivity index (χ0n) is 20.1. The zero-order valence-corrected chi connectivity index (χ0v) is 20.1. The van der Waals surface area contributed by atoms with Crippen LogP contribution in [0.4, 0.5) is 13.2 Å². The summed E-state index contributed by atoms with van der Waals surface area (Å²) in [5.74, 6) is 0.140. The molecule has 0 N–H and O–H groups in total. The molecule has 0 heterocycles. The topological polar surface area (TPSA) is 52.6 Å². The van der Waals surface area contributed by atoms with E-state index < -0.39 is 17.7 Å². The van der Waals surface area contributed by atoms with Gasteiger partial charge in [0, 0.05) is 11.6 Å². The van der Waals surface area contributed by atoms with E-state index in [9.17, 15) is 22.8 Å². The minimum absolute atomic E-state index is 0.246. The number of aldehydes is 1. The Morgan fingerprint density at radius 2 is 1.64 bits per heavy atom. The summed E-state index contributed by atoms with van der Waals surface area (Å²) in [6, 6.07) is 15.3. The van der Waals surface area contributed by atoms with Crippen molar-refractivity contribution in [3.8, 4) is 28.0 Å². The maximum atomic E-state index is 13.2. The molecule has 0 unspecified atom stereocenters. The third kappa shape index (κ3) is 6.84. The highest BCUT2D eigenvalue weighted by Crippen LogP contribution is 2.35. The molecule has 0 aliphatic carbocycles. The van der Waals surface area contributed by atoms with E-state index in [1.165, 1.54) is 18.2 Å². The molecule has 0 aliphatic heterocycles. The lowest BCUT2D eigenvalue weighted by atomic mass is 9.92. The molecule has 0 saturated heterocycles. The van der Waals surface area contributed by atoms with Crippen molar-refractivity contribution in [2.24, 2.45) is 0 Å². The number of hydrogen-bond acceptors (Lipinski definition) is 4. The van der Waals surface area contributed by atoms with E-state index in [2.05, 4.69) is 6.92 Å². The molecule has 3 aromatic carbocycles. The number of carbonyl (C=O) groups is 2. The standard InChI is InChI=1S/C29H27F3O4/c1-3-5-15-36-25-11-13-26(22(18-25)10-14-28(34)35-4-2)21-9-12-27(23(16-21)19-33)20-7-6-8-24(17-20)29(30,31)32/h6-14,16-19H,3-5,15H2,1-2H3/b14-10+. The van der Waals surface area contributed by atoms with Crippen LogP contribution in [0.2, 0.25) is 0 Å². The summed E-state index contributed by atoms with van der Waals surface area (Å²) in [7, 11) is 0. The SMILES string of the molecule is CCCCOc1ccc(-c2ccc(-c3cccc(C(F)(F)F)c3)c(C=O)c2)c(/C=C/C(=O)OCC)c1. The second-order valence-electron chi connectivity index (χ2n) is 8.03. The highest BCUT2D eigenvalue weighted by molar-refractivity contribution is 5.93.